The van der Waals surface area contributed by atoms with Gasteiger partial charge in [-0.1, -0.05) is 42.1 Å². The minimum absolute atomic E-state index is 0.00645. The molecule has 2 amide bonds. The number of primary amides is 1. The van der Waals surface area contributed by atoms with Crippen molar-refractivity contribution in [2.45, 2.75) is 55.6 Å². The van der Waals surface area contributed by atoms with Gasteiger partial charge in [0.1, 0.15) is 11.1 Å². The van der Waals surface area contributed by atoms with Gasteiger partial charge in [-0.2, -0.15) is 0 Å². The molecular formula is C18H23N5O2S. The van der Waals surface area contributed by atoms with E-state index in [1.807, 2.05) is 41.8 Å². The van der Waals surface area contributed by atoms with E-state index in [2.05, 4.69) is 15.5 Å². The van der Waals surface area contributed by atoms with Crippen LogP contribution in [0, 0.1) is 0 Å². The van der Waals surface area contributed by atoms with Crippen LogP contribution in [0.15, 0.2) is 35.5 Å². The third-order valence-corrected chi connectivity index (χ3v) is 5.43. The summed E-state index contributed by atoms with van der Waals surface area (Å²) in [6, 6.07) is 9.98. The molecule has 2 aromatic rings. The minimum atomic E-state index is -0.393. The van der Waals surface area contributed by atoms with Gasteiger partial charge < -0.3 is 15.6 Å². The topological polar surface area (TPSA) is 103 Å². The van der Waals surface area contributed by atoms with Crippen LogP contribution in [0.2, 0.25) is 0 Å². The first-order valence-electron chi connectivity index (χ1n) is 8.80. The highest BCUT2D eigenvalue weighted by Crippen LogP contribution is 2.35. The van der Waals surface area contributed by atoms with Gasteiger partial charge in [0.15, 0.2) is 5.16 Å². The molecule has 0 aliphatic heterocycles. The Hall–Kier alpha value is -2.35. The lowest BCUT2D eigenvalue weighted by atomic mass is 10.1. The third kappa shape index (κ3) is 4.63. The van der Waals surface area contributed by atoms with Crippen LogP contribution in [0.1, 0.15) is 42.8 Å². The van der Waals surface area contributed by atoms with Gasteiger partial charge >= 0.3 is 0 Å². The summed E-state index contributed by atoms with van der Waals surface area (Å²) in [4.78, 5) is 23.8. The average molecular weight is 373 g/mol. The first kappa shape index (κ1) is 18.4. The summed E-state index contributed by atoms with van der Waals surface area (Å²) in [5, 5.41) is 11.8. The lowest BCUT2D eigenvalue weighted by Gasteiger charge is -2.17. The lowest BCUT2D eigenvalue weighted by Crippen LogP contribution is -2.30. The maximum atomic E-state index is 12.8. The van der Waals surface area contributed by atoms with Crippen molar-refractivity contribution < 1.29 is 9.59 Å². The Kier molecular flexibility index (Phi) is 5.92. The van der Waals surface area contributed by atoms with Gasteiger partial charge in [0.05, 0.1) is 0 Å². The molecule has 1 aliphatic carbocycles. The van der Waals surface area contributed by atoms with Crippen molar-refractivity contribution in [1.82, 2.24) is 20.1 Å². The maximum Gasteiger partial charge on any atom is 0.238 e. The standard InChI is InChI=1S/C18H23N5O2S/c1-2-23-15(11-10-14(19)24)21-22-18(23)26-16(12-6-4-3-5-7-12)17(25)20-13-8-9-13/h3-7,13,16H,2,8-11H2,1H3,(H2,19,24)(H,20,25). The zero-order valence-corrected chi connectivity index (χ0v) is 15.5. The molecule has 1 heterocycles. The molecule has 8 heteroatoms. The normalized spacial score (nSPS) is 14.8. The second-order valence-electron chi connectivity index (χ2n) is 6.30. The highest BCUT2D eigenvalue weighted by atomic mass is 32.2. The molecule has 1 aromatic carbocycles. The van der Waals surface area contributed by atoms with Crippen molar-refractivity contribution in [2.75, 3.05) is 0 Å². The van der Waals surface area contributed by atoms with Gasteiger partial charge in [-0.25, -0.2) is 0 Å². The molecule has 1 unspecified atom stereocenters. The number of hydrogen-bond acceptors (Lipinski definition) is 5. The molecule has 138 valence electrons. The molecule has 1 aliphatic rings. The summed E-state index contributed by atoms with van der Waals surface area (Å²) in [6.07, 6.45) is 2.76. The molecule has 1 atom stereocenters. The number of carbonyl (C=O) groups is 2. The number of thioether (sulfide) groups is 1. The molecule has 0 spiro atoms. The minimum Gasteiger partial charge on any atom is -0.370 e. The van der Waals surface area contributed by atoms with E-state index < -0.39 is 5.25 Å². The van der Waals surface area contributed by atoms with Gasteiger partial charge in [0.2, 0.25) is 11.8 Å². The number of nitrogens with two attached hydrogens (primary N) is 1. The van der Waals surface area contributed by atoms with Crippen molar-refractivity contribution >= 4 is 23.6 Å². The number of amides is 2. The van der Waals surface area contributed by atoms with Gasteiger partial charge in [-0.05, 0) is 25.3 Å². The summed E-state index contributed by atoms with van der Waals surface area (Å²) in [6.45, 7) is 2.65. The number of nitrogens with one attached hydrogen (secondary N) is 1. The van der Waals surface area contributed by atoms with Gasteiger partial charge in [0, 0.05) is 25.4 Å². The van der Waals surface area contributed by atoms with Crippen LogP contribution >= 0.6 is 11.8 Å². The molecule has 1 saturated carbocycles. The SMILES string of the molecule is CCn1c(CCC(N)=O)nnc1SC(C(=O)NC1CC1)c1ccccc1. The van der Waals surface area contributed by atoms with E-state index in [9.17, 15) is 9.59 Å². The van der Waals surface area contributed by atoms with Crippen LogP contribution in [-0.2, 0) is 22.6 Å². The second-order valence-corrected chi connectivity index (χ2v) is 7.37. The van der Waals surface area contributed by atoms with E-state index in [0.29, 0.717) is 30.0 Å². The summed E-state index contributed by atoms with van der Waals surface area (Å²) in [5.74, 6) is 0.340. The van der Waals surface area contributed by atoms with Crippen LogP contribution in [0.4, 0.5) is 0 Å². The number of nitrogens with zero attached hydrogens (tertiary/aromatic N) is 3. The first-order chi connectivity index (χ1) is 12.6. The van der Waals surface area contributed by atoms with Crippen molar-refractivity contribution in [3.8, 4) is 0 Å². The Morgan fingerprint density at radius 3 is 2.65 bits per heavy atom. The zero-order chi connectivity index (χ0) is 18.5. The smallest absolute Gasteiger partial charge is 0.238 e. The van der Waals surface area contributed by atoms with Gasteiger partial charge in [-0.3, -0.25) is 9.59 Å². The highest BCUT2D eigenvalue weighted by molar-refractivity contribution is 8.00. The van der Waals surface area contributed by atoms with E-state index >= 15 is 0 Å². The van der Waals surface area contributed by atoms with E-state index in [-0.39, 0.29) is 18.2 Å². The number of aryl methyl sites for hydroxylation is 1. The molecule has 0 radical (unpaired) electrons. The molecule has 7 nitrogen and oxygen atoms in total. The largest absolute Gasteiger partial charge is 0.370 e. The molecular weight excluding hydrogens is 350 g/mol. The fraction of sp³-hybridized carbons (Fsp3) is 0.444. The molecule has 26 heavy (non-hydrogen) atoms. The van der Waals surface area contributed by atoms with Crippen molar-refractivity contribution in [3.63, 3.8) is 0 Å². The van der Waals surface area contributed by atoms with Crippen LogP contribution in [-0.4, -0.2) is 32.6 Å². The Labute approximate surface area is 156 Å². The molecule has 0 saturated heterocycles. The zero-order valence-electron chi connectivity index (χ0n) is 14.7. The summed E-state index contributed by atoms with van der Waals surface area (Å²) >= 11 is 1.39. The number of aromatic nitrogens is 3. The molecule has 0 bridgehead atoms. The van der Waals surface area contributed by atoms with Crippen molar-refractivity contribution in [3.05, 3.63) is 41.7 Å². The maximum absolute atomic E-state index is 12.8. The molecule has 3 N–H and O–H groups in total. The Bertz CT molecular complexity index is 773. The molecule has 1 fully saturated rings. The number of hydrogen-bond donors (Lipinski definition) is 2. The average Bonchev–Trinajstić information content (AvgIpc) is 3.36. The van der Waals surface area contributed by atoms with Gasteiger partial charge in [-0.15, -0.1) is 10.2 Å². The first-order valence-corrected chi connectivity index (χ1v) is 9.68. The number of benzene rings is 1. The van der Waals surface area contributed by atoms with Crippen LogP contribution in [0.5, 0.6) is 0 Å². The van der Waals surface area contributed by atoms with E-state index in [0.717, 1.165) is 18.4 Å². The van der Waals surface area contributed by atoms with E-state index in [1.54, 1.807) is 0 Å². The lowest BCUT2D eigenvalue weighted by molar-refractivity contribution is -0.121. The number of carbonyl (C=O) groups excluding carboxylic acids is 2. The fourth-order valence-electron chi connectivity index (χ4n) is 2.65. The molecule has 3 rings (SSSR count). The predicted molar refractivity (Wildman–Crippen MR) is 99.4 cm³/mol. The Balaban J connectivity index is 1.81. The van der Waals surface area contributed by atoms with Crippen molar-refractivity contribution in [2.24, 2.45) is 5.73 Å². The monoisotopic (exact) mass is 373 g/mol. The quantitative estimate of drug-likeness (QED) is 0.653. The molecule has 1 aromatic heterocycles. The van der Waals surface area contributed by atoms with Crippen LogP contribution < -0.4 is 11.1 Å². The number of rotatable bonds is 9. The van der Waals surface area contributed by atoms with Crippen LogP contribution in [0.3, 0.4) is 0 Å². The Morgan fingerprint density at radius 2 is 2.04 bits per heavy atom. The van der Waals surface area contributed by atoms with E-state index in [4.69, 9.17) is 5.73 Å². The van der Waals surface area contributed by atoms with Crippen molar-refractivity contribution in [1.29, 1.82) is 0 Å². The second kappa shape index (κ2) is 8.35. The fourth-order valence-corrected chi connectivity index (χ4v) is 3.78. The third-order valence-electron chi connectivity index (χ3n) is 4.19. The highest BCUT2D eigenvalue weighted by Gasteiger charge is 2.30. The summed E-state index contributed by atoms with van der Waals surface area (Å²) < 4.78 is 1.94. The van der Waals surface area contributed by atoms with Gasteiger partial charge in [0.25, 0.3) is 0 Å². The summed E-state index contributed by atoms with van der Waals surface area (Å²) in [5.41, 5.74) is 6.16. The Morgan fingerprint density at radius 1 is 1.31 bits per heavy atom. The predicted octanol–water partition coefficient (Wildman–Crippen LogP) is 1.83. The van der Waals surface area contributed by atoms with E-state index in [1.165, 1.54) is 11.8 Å². The summed E-state index contributed by atoms with van der Waals surface area (Å²) in [7, 11) is 0. The van der Waals surface area contributed by atoms with Crippen LogP contribution in [0.25, 0.3) is 0 Å².